The van der Waals surface area contributed by atoms with E-state index in [1.54, 1.807) is 4.90 Å². The Morgan fingerprint density at radius 3 is 2.11 bits per heavy atom. The fourth-order valence-corrected chi connectivity index (χ4v) is 2.18. The molecule has 1 atom stereocenters. The highest BCUT2D eigenvalue weighted by molar-refractivity contribution is 5.85. The Bertz CT molecular complexity index is 367. The van der Waals surface area contributed by atoms with Gasteiger partial charge in [-0.15, -0.1) is 24.8 Å². The van der Waals surface area contributed by atoms with E-state index in [0.717, 1.165) is 0 Å². The number of halogens is 5. The lowest BCUT2D eigenvalue weighted by molar-refractivity contribution is 0.141. The minimum absolute atomic E-state index is 0. The third kappa shape index (κ3) is 4.24. The van der Waals surface area contributed by atoms with Crippen LogP contribution >= 0.6 is 24.8 Å². The van der Waals surface area contributed by atoms with Gasteiger partial charge in [0.15, 0.2) is 0 Å². The molecule has 0 radical (unpaired) electrons. The molecule has 110 valence electrons. The maximum absolute atomic E-state index is 13.6. The molecule has 1 aromatic carbocycles. The summed E-state index contributed by atoms with van der Waals surface area (Å²) >= 11 is 0. The summed E-state index contributed by atoms with van der Waals surface area (Å²) in [6.07, 6.45) is 0. The second-order valence-electron chi connectivity index (χ2n) is 4.09. The Hall–Kier alpha value is -0.490. The molecule has 1 heterocycles. The molecule has 1 saturated heterocycles. The van der Waals surface area contributed by atoms with Gasteiger partial charge in [0, 0.05) is 31.7 Å². The van der Waals surface area contributed by atoms with Crippen molar-refractivity contribution < 1.29 is 13.2 Å². The van der Waals surface area contributed by atoms with E-state index in [2.05, 4.69) is 5.32 Å². The number of hydrogen-bond acceptors (Lipinski definition) is 2. The van der Waals surface area contributed by atoms with Gasteiger partial charge >= 0.3 is 0 Å². The zero-order valence-corrected chi connectivity index (χ0v) is 11.9. The van der Waals surface area contributed by atoms with Crippen molar-refractivity contribution in [2.24, 2.45) is 0 Å². The largest absolute Gasteiger partial charge is 0.314 e. The van der Waals surface area contributed by atoms with Crippen molar-refractivity contribution in [1.29, 1.82) is 0 Å². The van der Waals surface area contributed by atoms with Crippen LogP contribution in [0.3, 0.4) is 0 Å². The fraction of sp³-hybridized carbons (Fsp3) is 0.500. The van der Waals surface area contributed by atoms with Gasteiger partial charge in [-0.2, -0.15) is 0 Å². The van der Waals surface area contributed by atoms with Crippen molar-refractivity contribution in [2.75, 3.05) is 32.9 Å². The van der Waals surface area contributed by atoms with Gasteiger partial charge in [-0.1, -0.05) is 6.07 Å². The average Bonchev–Trinajstić information content (AvgIpc) is 2.35. The van der Waals surface area contributed by atoms with Crippen LogP contribution < -0.4 is 5.32 Å². The number of benzene rings is 1. The molecule has 0 spiro atoms. The molecule has 2 rings (SSSR count). The lowest BCUT2D eigenvalue weighted by Gasteiger charge is -2.33. The summed E-state index contributed by atoms with van der Waals surface area (Å²) in [5, 5.41) is 3.12. The third-order valence-electron chi connectivity index (χ3n) is 3.07. The van der Waals surface area contributed by atoms with Crippen LogP contribution in [0.15, 0.2) is 18.2 Å². The molecule has 0 saturated carbocycles. The second-order valence-corrected chi connectivity index (χ2v) is 4.09. The number of rotatable bonds is 3. The predicted molar refractivity (Wildman–Crippen MR) is 74.0 cm³/mol. The van der Waals surface area contributed by atoms with Crippen molar-refractivity contribution >= 4 is 24.8 Å². The van der Waals surface area contributed by atoms with Crippen LogP contribution in [0.1, 0.15) is 11.6 Å². The summed E-state index contributed by atoms with van der Waals surface area (Å²) in [4.78, 5) is 1.78. The van der Waals surface area contributed by atoms with Crippen LogP contribution in [-0.4, -0.2) is 37.8 Å². The highest BCUT2D eigenvalue weighted by Gasteiger charge is 2.27. The van der Waals surface area contributed by atoms with Gasteiger partial charge in [-0.3, -0.25) is 4.90 Å². The van der Waals surface area contributed by atoms with E-state index in [-0.39, 0.29) is 30.4 Å². The van der Waals surface area contributed by atoms with Crippen LogP contribution in [0, 0.1) is 11.6 Å². The van der Waals surface area contributed by atoms with E-state index in [9.17, 15) is 13.2 Å². The van der Waals surface area contributed by atoms with Crippen molar-refractivity contribution in [3.63, 3.8) is 0 Å². The molecule has 1 aliphatic heterocycles. The fourth-order valence-electron chi connectivity index (χ4n) is 2.18. The van der Waals surface area contributed by atoms with E-state index < -0.39 is 24.4 Å². The Balaban J connectivity index is 0.00000162. The van der Waals surface area contributed by atoms with E-state index in [4.69, 9.17) is 0 Å². The zero-order chi connectivity index (χ0) is 12.3. The molecule has 0 unspecified atom stereocenters. The SMILES string of the molecule is Cl.Cl.FC[C@@H](c1c(F)cccc1F)N1CCNCC1. The van der Waals surface area contributed by atoms with Crippen LogP contribution in [0.25, 0.3) is 0 Å². The first-order chi connectivity index (χ1) is 8.24. The summed E-state index contributed by atoms with van der Waals surface area (Å²) in [6.45, 7) is 1.85. The molecular weight excluding hydrogens is 300 g/mol. The zero-order valence-electron chi connectivity index (χ0n) is 10.2. The van der Waals surface area contributed by atoms with Gasteiger partial charge in [-0.25, -0.2) is 13.2 Å². The Morgan fingerprint density at radius 2 is 1.63 bits per heavy atom. The highest BCUT2D eigenvalue weighted by Crippen LogP contribution is 2.26. The average molecular weight is 317 g/mol. The van der Waals surface area contributed by atoms with Gasteiger partial charge in [-0.05, 0) is 12.1 Å². The molecule has 1 N–H and O–H groups in total. The topological polar surface area (TPSA) is 15.3 Å². The summed E-state index contributed by atoms with van der Waals surface area (Å²) in [6, 6.07) is 2.81. The standard InChI is InChI=1S/C12H15F3N2.2ClH/c13-8-11(17-6-4-16-5-7-17)12-9(14)2-1-3-10(12)15;;/h1-3,11,16H,4-8H2;2*1H/t11-;;/m0../s1. The first-order valence-corrected chi connectivity index (χ1v) is 5.68. The maximum Gasteiger partial charge on any atom is 0.131 e. The third-order valence-corrected chi connectivity index (χ3v) is 3.07. The molecule has 1 aromatic rings. The van der Waals surface area contributed by atoms with E-state index >= 15 is 0 Å². The van der Waals surface area contributed by atoms with E-state index in [0.29, 0.717) is 26.2 Å². The molecular formula is C12H17Cl2F3N2. The molecule has 1 fully saturated rings. The number of hydrogen-bond donors (Lipinski definition) is 1. The number of alkyl halides is 1. The maximum atomic E-state index is 13.6. The Labute approximate surface area is 123 Å². The van der Waals surface area contributed by atoms with Crippen molar-refractivity contribution in [1.82, 2.24) is 10.2 Å². The monoisotopic (exact) mass is 316 g/mol. The molecule has 2 nitrogen and oxygen atoms in total. The molecule has 0 bridgehead atoms. The van der Waals surface area contributed by atoms with Crippen molar-refractivity contribution in [3.8, 4) is 0 Å². The number of nitrogens with zero attached hydrogens (tertiary/aromatic N) is 1. The van der Waals surface area contributed by atoms with Gasteiger partial charge < -0.3 is 5.32 Å². The summed E-state index contributed by atoms with van der Waals surface area (Å²) < 4.78 is 40.3. The Kier molecular flexibility index (Phi) is 8.41. The Morgan fingerprint density at radius 1 is 1.11 bits per heavy atom. The molecule has 7 heteroatoms. The number of nitrogens with one attached hydrogen (secondary N) is 1. The van der Waals surface area contributed by atoms with Crippen LogP contribution in [0.4, 0.5) is 13.2 Å². The summed E-state index contributed by atoms with van der Waals surface area (Å²) in [5.41, 5.74) is -0.156. The minimum atomic E-state index is -0.821. The first-order valence-electron chi connectivity index (χ1n) is 5.68. The predicted octanol–water partition coefficient (Wildman–Crippen LogP) is 2.72. The van der Waals surface area contributed by atoms with Gasteiger partial charge in [0.1, 0.15) is 18.3 Å². The number of piperazine rings is 1. The lowest BCUT2D eigenvalue weighted by atomic mass is 10.0. The van der Waals surface area contributed by atoms with Gasteiger partial charge in [0.2, 0.25) is 0 Å². The van der Waals surface area contributed by atoms with E-state index in [1.807, 2.05) is 0 Å². The molecule has 19 heavy (non-hydrogen) atoms. The van der Waals surface area contributed by atoms with Crippen LogP contribution in [0.2, 0.25) is 0 Å². The van der Waals surface area contributed by atoms with Crippen LogP contribution in [-0.2, 0) is 0 Å². The van der Waals surface area contributed by atoms with Crippen LogP contribution in [0.5, 0.6) is 0 Å². The summed E-state index contributed by atoms with van der Waals surface area (Å²) in [7, 11) is 0. The molecule has 1 aliphatic rings. The van der Waals surface area contributed by atoms with E-state index in [1.165, 1.54) is 18.2 Å². The van der Waals surface area contributed by atoms with Gasteiger partial charge in [0.05, 0.1) is 6.04 Å². The summed E-state index contributed by atoms with van der Waals surface area (Å²) in [5.74, 6) is -1.35. The quantitative estimate of drug-likeness (QED) is 0.922. The van der Waals surface area contributed by atoms with Crippen molar-refractivity contribution in [3.05, 3.63) is 35.4 Å². The normalized spacial score (nSPS) is 17.2. The lowest BCUT2D eigenvalue weighted by Crippen LogP contribution is -2.46. The molecule has 0 amide bonds. The molecule has 0 aliphatic carbocycles. The first kappa shape index (κ1) is 18.5. The smallest absolute Gasteiger partial charge is 0.131 e. The van der Waals surface area contributed by atoms with Gasteiger partial charge in [0.25, 0.3) is 0 Å². The minimum Gasteiger partial charge on any atom is -0.314 e. The second kappa shape index (κ2) is 8.64. The van der Waals surface area contributed by atoms with Crippen molar-refractivity contribution in [2.45, 2.75) is 6.04 Å². The molecule has 0 aromatic heterocycles. The highest BCUT2D eigenvalue weighted by atomic mass is 35.5.